The third kappa shape index (κ3) is 5.77. The second-order valence-corrected chi connectivity index (χ2v) is 13.8. The molecule has 4 aliphatic rings. The van der Waals surface area contributed by atoms with Crippen molar-refractivity contribution in [3.05, 3.63) is 65.6 Å². The number of nitrogens with zero attached hydrogens (tertiary/aromatic N) is 1. The number of aliphatic hydroxyl groups excluding tert-OH is 3. The second-order valence-electron chi connectivity index (χ2n) is 13.8. The van der Waals surface area contributed by atoms with E-state index < -0.39 is 67.4 Å². The lowest BCUT2D eigenvalue weighted by Crippen LogP contribution is -2.60. The number of carbonyl (C=O) groups excluding carboxylic acids is 1. The quantitative estimate of drug-likeness (QED) is 0.118. The molecule has 7 atom stereocenters. The lowest BCUT2D eigenvalue weighted by atomic mass is 9.73. The van der Waals surface area contributed by atoms with Gasteiger partial charge in [-0.2, -0.15) is 0 Å². The predicted octanol–water partition coefficient (Wildman–Crippen LogP) is 3.16. The minimum Gasteiger partial charge on any atom is -0.493 e. The summed E-state index contributed by atoms with van der Waals surface area (Å²) in [4.78, 5) is 26.0. The van der Waals surface area contributed by atoms with Gasteiger partial charge in [0.15, 0.2) is 11.5 Å². The van der Waals surface area contributed by atoms with Crippen LogP contribution in [0.25, 0.3) is 10.9 Å². The van der Waals surface area contributed by atoms with Crippen LogP contribution in [-0.2, 0) is 25.6 Å². The Balaban J connectivity index is 1.18. The number of aromatic amines is 1. The fourth-order valence-corrected chi connectivity index (χ4v) is 8.28. The molecule has 4 aromatic rings. The molecule has 1 saturated heterocycles. The monoisotopic (exact) mass is 720 g/mol. The second kappa shape index (κ2) is 13.2. The summed E-state index contributed by atoms with van der Waals surface area (Å²) >= 11 is 0. The van der Waals surface area contributed by atoms with Crippen LogP contribution in [0.15, 0.2) is 48.9 Å². The zero-order valence-corrected chi connectivity index (χ0v) is 28.5. The number of H-pyrrole nitrogens is 1. The third-order valence-corrected chi connectivity index (χ3v) is 10.6. The topological polar surface area (TPSA) is 200 Å². The molecule has 0 amide bonds. The van der Waals surface area contributed by atoms with Gasteiger partial charge in [0.05, 0.1) is 25.7 Å². The predicted molar refractivity (Wildman–Crippen MR) is 180 cm³/mol. The summed E-state index contributed by atoms with van der Waals surface area (Å²) in [5, 5.41) is 42.2. The molecule has 8 rings (SSSR count). The highest BCUT2D eigenvalue weighted by molar-refractivity contribution is 5.90. The Morgan fingerprint density at radius 3 is 2.56 bits per heavy atom. The van der Waals surface area contributed by atoms with E-state index in [0.717, 1.165) is 53.3 Å². The van der Waals surface area contributed by atoms with Crippen LogP contribution in [-0.4, -0.2) is 99.0 Å². The number of aromatic nitrogens is 2. The molecule has 0 unspecified atom stereocenters. The number of aliphatic carboxylic acids is 1. The van der Waals surface area contributed by atoms with Crippen molar-refractivity contribution in [2.75, 3.05) is 20.8 Å². The lowest BCUT2D eigenvalue weighted by molar-refractivity contribution is -0.278. The number of nitrogens with one attached hydrogen (secondary N) is 1. The number of methoxy groups -OCH3 is 2. The molecule has 2 aromatic heterocycles. The fraction of sp³-hybridized carbons (Fsp3) is 0.459. The highest BCUT2D eigenvalue weighted by Gasteiger charge is 2.58. The van der Waals surface area contributed by atoms with Crippen LogP contribution in [0.4, 0.5) is 0 Å². The standard InChI is InChI=1S/C37H40N2O13/c1-46-23-6-5-21-29-35(51-33(21)34(23)47-2)28-19(15-39-14-18-7-10-38-22(18)16-39)11-20(12-24(28)52-37(29)8-3-4-9-37)49-36-32(45)31(44)30(43)25(50-36)17-48-27(42)13-26(40)41/h5-7,10-12,14,16,25,29-32,35-36,38,43-45H,3-4,8-9,13,15,17H2,1-2H3,(H,40,41)/t25-,29+,30-,31+,32-,35+,36-/m1/s1. The average molecular weight is 721 g/mol. The van der Waals surface area contributed by atoms with Crippen molar-refractivity contribution in [1.82, 2.24) is 9.55 Å². The first-order valence-corrected chi connectivity index (χ1v) is 17.2. The van der Waals surface area contributed by atoms with E-state index in [2.05, 4.69) is 4.98 Å². The Kier molecular flexibility index (Phi) is 8.68. The highest BCUT2D eigenvalue weighted by atomic mass is 16.7. The van der Waals surface area contributed by atoms with Crippen molar-refractivity contribution in [2.24, 2.45) is 0 Å². The Morgan fingerprint density at radius 2 is 1.83 bits per heavy atom. The molecule has 52 heavy (non-hydrogen) atoms. The number of hydrogen-bond acceptors (Lipinski definition) is 12. The van der Waals surface area contributed by atoms with Gasteiger partial charge in [-0.25, -0.2) is 0 Å². The summed E-state index contributed by atoms with van der Waals surface area (Å²) in [5.74, 6) is -0.108. The van der Waals surface area contributed by atoms with Gasteiger partial charge in [0.25, 0.3) is 0 Å². The molecule has 1 spiro atoms. The van der Waals surface area contributed by atoms with E-state index in [9.17, 15) is 24.9 Å². The van der Waals surface area contributed by atoms with Crippen LogP contribution < -0.4 is 23.7 Å². The zero-order valence-electron chi connectivity index (χ0n) is 28.5. The molecule has 276 valence electrons. The van der Waals surface area contributed by atoms with Gasteiger partial charge in [-0.05, 0) is 49.4 Å². The first kappa shape index (κ1) is 34.1. The van der Waals surface area contributed by atoms with Gasteiger partial charge in [0.1, 0.15) is 60.6 Å². The van der Waals surface area contributed by atoms with E-state index in [1.165, 1.54) is 0 Å². The molecular weight excluding hydrogens is 680 g/mol. The summed E-state index contributed by atoms with van der Waals surface area (Å²) in [5.41, 5.74) is 2.98. The summed E-state index contributed by atoms with van der Waals surface area (Å²) in [7, 11) is 3.17. The lowest BCUT2D eigenvalue weighted by Gasteiger charge is -2.44. The van der Waals surface area contributed by atoms with Gasteiger partial charge in [-0.3, -0.25) is 9.59 Å². The largest absolute Gasteiger partial charge is 0.493 e. The minimum atomic E-state index is -1.72. The van der Waals surface area contributed by atoms with E-state index in [0.29, 0.717) is 29.5 Å². The van der Waals surface area contributed by atoms with E-state index in [1.54, 1.807) is 26.4 Å². The van der Waals surface area contributed by atoms with E-state index >= 15 is 0 Å². The first-order valence-electron chi connectivity index (χ1n) is 17.2. The molecule has 1 aliphatic carbocycles. The number of carbonyl (C=O) groups is 2. The molecule has 5 N–H and O–H groups in total. The number of carboxylic acid groups (broad SMARTS) is 1. The Morgan fingerprint density at radius 1 is 1.02 bits per heavy atom. The Hall–Kier alpha value is -4.96. The number of ether oxygens (including phenoxy) is 7. The van der Waals surface area contributed by atoms with Crippen molar-refractivity contribution in [1.29, 1.82) is 0 Å². The summed E-state index contributed by atoms with van der Waals surface area (Å²) < 4.78 is 44.4. The van der Waals surface area contributed by atoms with Gasteiger partial charge in [-0.15, -0.1) is 0 Å². The van der Waals surface area contributed by atoms with Gasteiger partial charge >= 0.3 is 11.9 Å². The van der Waals surface area contributed by atoms with Crippen LogP contribution in [0.3, 0.4) is 0 Å². The van der Waals surface area contributed by atoms with Gasteiger partial charge in [0, 0.05) is 47.7 Å². The van der Waals surface area contributed by atoms with Crippen molar-refractivity contribution in [3.63, 3.8) is 0 Å². The maximum atomic E-state index is 11.9. The normalized spacial score (nSPS) is 26.9. The van der Waals surface area contributed by atoms with Crippen LogP contribution in [0.5, 0.6) is 28.7 Å². The maximum Gasteiger partial charge on any atom is 0.317 e. The molecule has 2 aromatic carbocycles. The van der Waals surface area contributed by atoms with Crippen LogP contribution in [0.1, 0.15) is 60.8 Å². The van der Waals surface area contributed by atoms with Crippen molar-refractivity contribution < 1.29 is 63.2 Å². The SMILES string of the molecule is COc1ccc2c(c1OC)O[C@H]1c3c(Cn4cc5cc[nH]c5c4)cc(O[C@@H]4O[C@H](COC(=O)CC(=O)O)[C@@H](O)[C@H](O)[C@H]4O)cc3OC3(CCCC3)[C@@H]21. The molecule has 15 nitrogen and oxygen atoms in total. The number of rotatable bonds is 10. The molecule has 0 bridgehead atoms. The molecule has 15 heteroatoms. The van der Waals surface area contributed by atoms with E-state index in [1.807, 2.05) is 41.4 Å². The van der Waals surface area contributed by atoms with E-state index in [4.69, 9.17) is 38.3 Å². The van der Waals surface area contributed by atoms with Gasteiger partial charge in [-0.1, -0.05) is 6.07 Å². The number of aliphatic hydroxyl groups is 3. The average Bonchev–Trinajstić information content (AvgIpc) is 3.91. The van der Waals surface area contributed by atoms with Crippen molar-refractivity contribution in [2.45, 2.75) is 87.0 Å². The van der Waals surface area contributed by atoms with Crippen LogP contribution in [0.2, 0.25) is 0 Å². The number of fused-ring (bicyclic) bond motifs is 7. The van der Waals surface area contributed by atoms with Crippen LogP contribution in [0, 0.1) is 0 Å². The van der Waals surface area contributed by atoms with Gasteiger partial charge in [0.2, 0.25) is 12.0 Å². The number of hydrogen-bond donors (Lipinski definition) is 5. The summed E-state index contributed by atoms with van der Waals surface area (Å²) in [6, 6.07) is 9.42. The molecule has 1 saturated carbocycles. The Labute approximate surface area is 297 Å². The Bertz CT molecular complexity index is 1970. The van der Waals surface area contributed by atoms with E-state index in [-0.39, 0.29) is 11.7 Å². The molecule has 0 radical (unpaired) electrons. The fourth-order valence-electron chi connectivity index (χ4n) is 8.28. The van der Waals surface area contributed by atoms with Crippen LogP contribution >= 0.6 is 0 Å². The smallest absolute Gasteiger partial charge is 0.317 e. The first-order chi connectivity index (χ1) is 25.1. The molecule has 5 heterocycles. The summed E-state index contributed by atoms with van der Waals surface area (Å²) in [6.07, 6.45) is 0.207. The number of benzene rings is 2. The zero-order chi connectivity index (χ0) is 36.3. The minimum absolute atomic E-state index is 0.146. The van der Waals surface area contributed by atoms with Gasteiger partial charge < -0.3 is 63.1 Å². The third-order valence-electron chi connectivity index (χ3n) is 10.6. The summed E-state index contributed by atoms with van der Waals surface area (Å²) in [6.45, 7) is -0.187. The van der Waals surface area contributed by atoms with Crippen molar-refractivity contribution >= 4 is 22.8 Å². The number of esters is 1. The van der Waals surface area contributed by atoms with Crippen molar-refractivity contribution in [3.8, 4) is 28.7 Å². The molecule has 2 fully saturated rings. The molecular formula is C37H40N2O13. The molecule has 3 aliphatic heterocycles. The highest BCUT2D eigenvalue weighted by Crippen LogP contribution is 2.64. The number of carboxylic acids is 1. The maximum absolute atomic E-state index is 11.9.